The Morgan fingerprint density at radius 1 is 0.365 bits per heavy atom. The lowest BCUT2D eigenvalue weighted by Gasteiger charge is -2.11. The average Bonchev–Trinajstić information content (AvgIpc) is 4.02. The summed E-state index contributed by atoms with van der Waals surface area (Å²) in [5.74, 6) is 1.88. The lowest BCUT2D eigenvalue weighted by Crippen LogP contribution is -2.00. The molecule has 0 aliphatic rings. The molecule has 6 heteroatoms. The van der Waals surface area contributed by atoms with Crippen LogP contribution in [-0.2, 0) is 0 Å². The van der Waals surface area contributed by atoms with Crippen LogP contribution in [-0.4, -0.2) is 19.5 Å². The number of aromatic nitrogens is 4. The molecule has 0 aliphatic heterocycles. The van der Waals surface area contributed by atoms with Crippen LogP contribution in [0.2, 0.25) is 0 Å². The number of benzene rings is 10. The van der Waals surface area contributed by atoms with Gasteiger partial charge in [0.1, 0.15) is 11.2 Å². The van der Waals surface area contributed by atoms with Crippen molar-refractivity contribution in [1.82, 2.24) is 19.5 Å². The first-order valence-corrected chi connectivity index (χ1v) is 22.0. The molecule has 0 aliphatic carbocycles. The van der Waals surface area contributed by atoms with Crippen molar-refractivity contribution in [3.8, 4) is 39.9 Å². The molecule has 63 heavy (non-hydrogen) atoms. The zero-order valence-corrected chi connectivity index (χ0v) is 34.4. The van der Waals surface area contributed by atoms with Gasteiger partial charge in [-0.25, -0.2) is 15.0 Å². The van der Waals surface area contributed by atoms with Crippen LogP contribution < -0.4 is 0 Å². The predicted octanol–water partition coefficient (Wildman–Crippen LogP) is 15.7. The molecular weight excluding hydrogens is 789 g/mol. The van der Waals surface area contributed by atoms with Gasteiger partial charge >= 0.3 is 0 Å². The quantitative estimate of drug-likeness (QED) is 0.177. The van der Waals surface area contributed by atoms with E-state index in [0.29, 0.717) is 17.5 Å². The Morgan fingerprint density at radius 3 is 1.89 bits per heavy atom. The van der Waals surface area contributed by atoms with Crippen molar-refractivity contribution in [2.45, 2.75) is 0 Å². The summed E-state index contributed by atoms with van der Waals surface area (Å²) in [6.07, 6.45) is 0. The molecule has 14 rings (SSSR count). The van der Waals surface area contributed by atoms with Gasteiger partial charge in [-0.1, -0.05) is 121 Å². The Balaban J connectivity index is 0.994. The number of furan rings is 1. The normalized spacial score (nSPS) is 12.1. The van der Waals surface area contributed by atoms with Crippen LogP contribution in [0.25, 0.3) is 136 Å². The number of hydrogen-bond acceptors (Lipinski definition) is 5. The van der Waals surface area contributed by atoms with E-state index in [9.17, 15) is 0 Å². The van der Waals surface area contributed by atoms with Gasteiger partial charge in [-0.05, 0) is 105 Å². The van der Waals surface area contributed by atoms with E-state index in [4.69, 9.17) is 19.4 Å². The minimum absolute atomic E-state index is 0.606. The fourth-order valence-electron chi connectivity index (χ4n) is 9.84. The molecular formula is C57H32N4OS. The molecule has 0 N–H and O–H groups in total. The van der Waals surface area contributed by atoms with Crippen LogP contribution in [0.3, 0.4) is 0 Å². The first-order chi connectivity index (χ1) is 31.2. The predicted molar refractivity (Wildman–Crippen MR) is 263 cm³/mol. The first kappa shape index (κ1) is 34.5. The molecule has 0 saturated heterocycles. The van der Waals surface area contributed by atoms with Gasteiger partial charge in [0.05, 0.1) is 11.0 Å². The number of nitrogens with zero attached hydrogens (tertiary/aromatic N) is 4. The summed E-state index contributed by atoms with van der Waals surface area (Å²) in [6, 6.07) is 69.2. The molecule has 4 aromatic heterocycles. The van der Waals surface area contributed by atoms with Gasteiger partial charge in [0, 0.05) is 64.1 Å². The van der Waals surface area contributed by atoms with E-state index in [2.05, 4.69) is 199 Å². The standard InChI is InChI=1S/C57H32N4OS/c1-2-11-35-28-38(21-20-33(35)10-1)55-58-56(60-57(59-55)43-16-9-19-52-54(43)42-15-6-8-18-51(42)63-52)39-24-26-49-46(30-39)53-44-32-40(25-22-34(44)23-27-50(53)62-49)61-47-17-7-5-14-41(47)45-29-36-12-3-4-13-37(36)31-48(45)61/h1-32H. The average molecular weight is 821 g/mol. The van der Waals surface area contributed by atoms with Crippen LogP contribution in [0, 0.1) is 0 Å². The summed E-state index contributed by atoms with van der Waals surface area (Å²) in [4.78, 5) is 15.8. The molecule has 10 aromatic carbocycles. The van der Waals surface area contributed by atoms with Gasteiger partial charge in [0.2, 0.25) is 0 Å². The van der Waals surface area contributed by atoms with Crippen LogP contribution in [0.1, 0.15) is 0 Å². The van der Waals surface area contributed by atoms with Crippen molar-refractivity contribution < 1.29 is 4.42 Å². The molecule has 292 valence electrons. The third-order valence-electron chi connectivity index (χ3n) is 12.8. The summed E-state index contributed by atoms with van der Waals surface area (Å²) in [6.45, 7) is 0. The second-order valence-electron chi connectivity index (χ2n) is 16.4. The van der Waals surface area contributed by atoms with Crippen LogP contribution in [0.4, 0.5) is 0 Å². The molecule has 4 heterocycles. The Bertz CT molecular complexity index is 4230. The highest BCUT2D eigenvalue weighted by Crippen LogP contribution is 2.42. The Labute approximate surface area is 363 Å². The van der Waals surface area contributed by atoms with E-state index in [1.807, 2.05) is 0 Å². The number of rotatable bonds is 4. The van der Waals surface area contributed by atoms with Gasteiger partial charge in [0.25, 0.3) is 0 Å². The SMILES string of the molecule is c1ccc2cc(-c3nc(-c4ccc5oc6ccc7ccc(-n8c9ccccc9c9cc%10ccccc%10cc98)cc7c6c5c4)nc(-c4cccc5sc6ccccc6c45)n3)ccc2c1. The van der Waals surface area contributed by atoms with Gasteiger partial charge in [-0.2, -0.15) is 0 Å². The molecule has 0 unspecified atom stereocenters. The van der Waals surface area contributed by atoms with Crippen LogP contribution in [0.15, 0.2) is 199 Å². The number of para-hydroxylation sites is 1. The minimum atomic E-state index is 0.606. The van der Waals surface area contributed by atoms with Gasteiger partial charge < -0.3 is 8.98 Å². The molecule has 0 amide bonds. The second-order valence-corrected chi connectivity index (χ2v) is 17.5. The van der Waals surface area contributed by atoms with Crippen molar-refractivity contribution in [1.29, 1.82) is 0 Å². The minimum Gasteiger partial charge on any atom is -0.456 e. The molecule has 14 aromatic rings. The third-order valence-corrected chi connectivity index (χ3v) is 13.9. The summed E-state index contributed by atoms with van der Waals surface area (Å²) >= 11 is 1.80. The van der Waals surface area contributed by atoms with Crippen molar-refractivity contribution in [3.63, 3.8) is 0 Å². The number of thiophene rings is 1. The van der Waals surface area contributed by atoms with E-state index in [1.54, 1.807) is 11.3 Å². The van der Waals surface area contributed by atoms with Crippen LogP contribution in [0.5, 0.6) is 0 Å². The lowest BCUT2D eigenvalue weighted by molar-refractivity contribution is 0.669. The second kappa shape index (κ2) is 13.2. The smallest absolute Gasteiger partial charge is 0.164 e. The van der Waals surface area contributed by atoms with E-state index >= 15 is 0 Å². The molecule has 0 spiro atoms. The molecule has 0 radical (unpaired) electrons. The molecule has 0 saturated carbocycles. The van der Waals surface area contributed by atoms with Crippen molar-refractivity contribution >= 4 is 108 Å². The molecule has 5 nitrogen and oxygen atoms in total. The zero-order valence-electron chi connectivity index (χ0n) is 33.6. The highest BCUT2D eigenvalue weighted by Gasteiger charge is 2.20. The summed E-state index contributed by atoms with van der Waals surface area (Å²) in [7, 11) is 0. The maximum absolute atomic E-state index is 6.62. The van der Waals surface area contributed by atoms with E-state index in [-0.39, 0.29) is 0 Å². The van der Waals surface area contributed by atoms with Gasteiger partial charge in [-0.3, -0.25) is 0 Å². The summed E-state index contributed by atoms with van der Waals surface area (Å²) in [5, 5.41) is 13.9. The number of fused-ring (bicyclic) bond motifs is 13. The van der Waals surface area contributed by atoms with E-state index < -0.39 is 0 Å². The van der Waals surface area contributed by atoms with Crippen molar-refractivity contribution in [2.24, 2.45) is 0 Å². The van der Waals surface area contributed by atoms with E-state index in [1.165, 1.54) is 52.8 Å². The van der Waals surface area contributed by atoms with Crippen molar-refractivity contribution in [3.05, 3.63) is 194 Å². The Hall–Kier alpha value is -8.19. The third kappa shape index (κ3) is 5.25. The maximum atomic E-state index is 6.62. The lowest BCUT2D eigenvalue weighted by atomic mass is 10.0. The Kier molecular flexibility index (Phi) is 7.21. The van der Waals surface area contributed by atoms with E-state index in [0.717, 1.165) is 65.9 Å². The zero-order chi connectivity index (χ0) is 41.2. The first-order valence-electron chi connectivity index (χ1n) is 21.2. The highest BCUT2D eigenvalue weighted by atomic mass is 32.1. The molecule has 0 bridgehead atoms. The highest BCUT2D eigenvalue weighted by molar-refractivity contribution is 7.25. The van der Waals surface area contributed by atoms with Crippen molar-refractivity contribution in [2.75, 3.05) is 0 Å². The fraction of sp³-hybridized carbons (Fsp3) is 0. The topological polar surface area (TPSA) is 56.7 Å². The summed E-state index contributed by atoms with van der Waals surface area (Å²) in [5.41, 5.74) is 7.92. The molecule has 0 fully saturated rings. The summed E-state index contributed by atoms with van der Waals surface area (Å²) < 4.78 is 11.5. The maximum Gasteiger partial charge on any atom is 0.164 e. The fourth-order valence-corrected chi connectivity index (χ4v) is 11.0. The van der Waals surface area contributed by atoms with Gasteiger partial charge in [-0.15, -0.1) is 11.3 Å². The Morgan fingerprint density at radius 2 is 1.02 bits per heavy atom. The largest absolute Gasteiger partial charge is 0.456 e. The van der Waals surface area contributed by atoms with Crippen LogP contribution >= 0.6 is 11.3 Å². The monoisotopic (exact) mass is 820 g/mol. The van der Waals surface area contributed by atoms with Gasteiger partial charge in [0.15, 0.2) is 17.5 Å². The molecule has 0 atom stereocenters. The number of hydrogen-bond donors (Lipinski definition) is 0.